The van der Waals surface area contributed by atoms with Crippen molar-refractivity contribution in [1.29, 1.82) is 5.26 Å². The number of rotatable bonds is 3. The SMILES string of the molecule is N#Cc1cn(CC(=O)Nc2cc(C(F)(F)F)ccc2Cl)c2ccccc12. The van der Waals surface area contributed by atoms with Gasteiger partial charge in [-0.2, -0.15) is 18.4 Å². The van der Waals surface area contributed by atoms with E-state index >= 15 is 0 Å². The fourth-order valence-electron chi connectivity index (χ4n) is 2.61. The third-order valence-corrected chi connectivity index (χ3v) is 4.12. The molecule has 0 fully saturated rings. The Morgan fingerprint density at radius 3 is 2.65 bits per heavy atom. The summed E-state index contributed by atoms with van der Waals surface area (Å²) in [5, 5.41) is 12.3. The lowest BCUT2D eigenvalue weighted by molar-refractivity contribution is -0.137. The molecule has 0 aliphatic heterocycles. The number of benzene rings is 2. The predicted octanol–water partition coefficient (Wildman–Crippen LogP) is 4.82. The van der Waals surface area contributed by atoms with Gasteiger partial charge in [-0.3, -0.25) is 4.79 Å². The molecule has 1 amide bonds. The van der Waals surface area contributed by atoms with E-state index in [0.29, 0.717) is 16.5 Å². The second kappa shape index (κ2) is 6.73. The van der Waals surface area contributed by atoms with Crippen LogP contribution in [-0.4, -0.2) is 10.5 Å². The Morgan fingerprint density at radius 1 is 1.23 bits per heavy atom. The Labute approximate surface area is 151 Å². The normalized spacial score (nSPS) is 11.3. The first-order valence-corrected chi connectivity index (χ1v) is 7.82. The summed E-state index contributed by atoms with van der Waals surface area (Å²) in [7, 11) is 0. The molecule has 0 saturated carbocycles. The van der Waals surface area contributed by atoms with Crippen molar-refractivity contribution in [3.8, 4) is 6.07 Å². The van der Waals surface area contributed by atoms with Crippen LogP contribution in [0.25, 0.3) is 10.9 Å². The van der Waals surface area contributed by atoms with Gasteiger partial charge in [0.1, 0.15) is 12.6 Å². The lowest BCUT2D eigenvalue weighted by Gasteiger charge is -2.12. The Bertz CT molecular complexity index is 1030. The van der Waals surface area contributed by atoms with Crippen LogP contribution in [-0.2, 0) is 17.5 Å². The molecule has 0 unspecified atom stereocenters. The summed E-state index contributed by atoms with van der Waals surface area (Å²) in [4.78, 5) is 12.3. The molecule has 0 spiro atoms. The Morgan fingerprint density at radius 2 is 1.96 bits per heavy atom. The highest BCUT2D eigenvalue weighted by Crippen LogP contribution is 2.33. The van der Waals surface area contributed by atoms with E-state index in [1.165, 1.54) is 6.20 Å². The molecule has 26 heavy (non-hydrogen) atoms. The van der Waals surface area contributed by atoms with E-state index in [-0.39, 0.29) is 17.3 Å². The molecule has 1 heterocycles. The van der Waals surface area contributed by atoms with Crippen molar-refractivity contribution in [3.05, 3.63) is 64.8 Å². The number of alkyl halides is 3. The summed E-state index contributed by atoms with van der Waals surface area (Å²) in [5.74, 6) is -0.559. The van der Waals surface area contributed by atoms with Crippen LogP contribution in [0, 0.1) is 11.3 Å². The summed E-state index contributed by atoms with van der Waals surface area (Å²) in [6.07, 6.45) is -3.01. The number of carbonyl (C=O) groups is 1. The van der Waals surface area contributed by atoms with E-state index in [9.17, 15) is 23.2 Å². The highest BCUT2D eigenvalue weighted by atomic mass is 35.5. The molecule has 2 aromatic carbocycles. The average Bonchev–Trinajstić information content (AvgIpc) is 2.94. The third kappa shape index (κ3) is 3.51. The van der Waals surface area contributed by atoms with Crippen LogP contribution in [0.2, 0.25) is 5.02 Å². The number of nitriles is 1. The van der Waals surface area contributed by atoms with Crippen LogP contribution in [0.5, 0.6) is 0 Å². The summed E-state index contributed by atoms with van der Waals surface area (Å²) >= 11 is 5.88. The lowest BCUT2D eigenvalue weighted by atomic mass is 10.2. The van der Waals surface area contributed by atoms with Crippen molar-refractivity contribution in [2.24, 2.45) is 0 Å². The van der Waals surface area contributed by atoms with Gasteiger partial charge in [-0.25, -0.2) is 0 Å². The molecule has 4 nitrogen and oxygen atoms in total. The summed E-state index contributed by atoms with van der Waals surface area (Å²) in [6, 6.07) is 11.8. The van der Waals surface area contributed by atoms with Crippen LogP contribution < -0.4 is 5.32 Å². The molecule has 0 aliphatic carbocycles. The minimum Gasteiger partial charge on any atom is -0.337 e. The fraction of sp³-hybridized carbons (Fsp3) is 0.111. The molecule has 132 valence electrons. The monoisotopic (exact) mass is 377 g/mol. The maximum atomic E-state index is 12.8. The number of nitrogens with one attached hydrogen (secondary N) is 1. The molecule has 3 aromatic rings. The first kappa shape index (κ1) is 17.8. The van der Waals surface area contributed by atoms with Gasteiger partial charge in [-0.15, -0.1) is 0 Å². The largest absolute Gasteiger partial charge is 0.416 e. The first-order chi connectivity index (χ1) is 12.3. The zero-order chi connectivity index (χ0) is 18.9. The van der Waals surface area contributed by atoms with E-state index in [1.807, 2.05) is 6.07 Å². The number of fused-ring (bicyclic) bond motifs is 1. The first-order valence-electron chi connectivity index (χ1n) is 7.44. The van der Waals surface area contributed by atoms with Crippen molar-refractivity contribution >= 4 is 34.1 Å². The van der Waals surface area contributed by atoms with Gasteiger partial charge in [0.15, 0.2) is 0 Å². The zero-order valence-corrected chi connectivity index (χ0v) is 13.9. The van der Waals surface area contributed by atoms with E-state index in [0.717, 1.165) is 18.2 Å². The van der Waals surface area contributed by atoms with Crippen LogP contribution in [0.4, 0.5) is 18.9 Å². The molecule has 3 rings (SSSR count). The van der Waals surface area contributed by atoms with Gasteiger partial charge in [-0.1, -0.05) is 29.8 Å². The standard InChI is InChI=1S/C18H11ClF3N3O/c19-14-6-5-12(18(20,21)22)7-15(14)24-17(26)10-25-9-11(8-23)13-3-1-2-4-16(13)25/h1-7,9H,10H2,(H,24,26). The van der Waals surface area contributed by atoms with Crippen molar-refractivity contribution in [2.75, 3.05) is 5.32 Å². The second-order valence-electron chi connectivity index (χ2n) is 5.54. The van der Waals surface area contributed by atoms with E-state index in [2.05, 4.69) is 5.32 Å². The Balaban J connectivity index is 1.86. The van der Waals surface area contributed by atoms with Gasteiger partial charge < -0.3 is 9.88 Å². The molecule has 8 heteroatoms. The number of aromatic nitrogens is 1. The maximum Gasteiger partial charge on any atom is 0.416 e. The quantitative estimate of drug-likeness (QED) is 0.711. The maximum absolute atomic E-state index is 12.8. The van der Waals surface area contributed by atoms with Crippen molar-refractivity contribution in [3.63, 3.8) is 0 Å². The number of anilines is 1. The summed E-state index contributed by atoms with van der Waals surface area (Å²) in [6.45, 7) is -0.172. The molecular formula is C18H11ClF3N3O. The van der Waals surface area contributed by atoms with Crippen molar-refractivity contribution in [2.45, 2.75) is 12.7 Å². The number of halogens is 4. The van der Waals surface area contributed by atoms with E-state index in [4.69, 9.17) is 11.6 Å². The molecule has 0 bridgehead atoms. The van der Waals surface area contributed by atoms with Gasteiger partial charge in [0.25, 0.3) is 0 Å². The van der Waals surface area contributed by atoms with Gasteiger partial charge >= 0.3 is 6.18 Å². The van der Waals surface area contributed by atoms with Crippen LogP contribution >= 0.6 is 11.6 Å². The number of hydrogen-bond donors (Lipinski definition) is 1. The Hall–Kier alpha value is -2.98. The molecule has 0 saturated heterocycles. The van der Waals surface area contributed by atoms with Gasteiger partial charge in [0.2, 0.25) is 5.91 Å². The Kier molecular flexibility index (Phi) is 4.62. The molecule has 0 radical (unpaired) electrons. The van der Waals surface area contributed by atoms with E-state index < -0.39 is 17.6 Å². The number of hydrogen-bond acceptors (Lipinski definition) is 2. The number of nitrogens with zero attached hydrogens (tertiary/aromatic N) is 2. The topological polar surface area (TPSA) is 57.8 Å². The van der Waals surface area contributed by atoms with Crippen molar-refractivity contribution in [1.82, 2.24) is 4.57 Å². The highest BCUT2D eigenvalue weighted by molar-refractivity contribution is 6.33. The van der Waals surface area contributed by atoms with Gasteiger partial charge in [-0.05, 0) is 24.3 Å². The fourth-order valence-corrected chi connectivity index (χ4v) is 2.77. The molecular weight excluding hydrogens is 367 g/mol. The number of amides is 1. The van der Waals surface area contributed by atoms with Gasteiger partial charge in [0.05, 0.1) is 21.8 Å². The molecule has 1 aromatic heterocycles. The minimum absolute atomic E-state index is 0.00132. The highest BCUT2D eigenvalue weighted by Gasteiger charge is 2.31. The van der Waals surface area contributed by atoms with Crippen LogP contribution in [0.3, 0.4) is 0 Å². The van der Waals surface area contributed by atoms with Crippen molar-refractivity contribution < 1.29 is 18.0 Å². The second-order valence-corrected chi connectivity index (χ2v) is 5.95. The third-order valence-electron chi connectivity index (χ3n) is 3.79. The van der Waals surface area contributed by atoms with E-state index in [1.54, 1.807) is 28.8 Å². The molecule has 0 atom stereocenters. The van der Waals surface area contributed by atoms with Crippen LogP contribution in [0.15, 0.2) is 48.7 Å². The smallest absolute Gasteiger partial charge is 0.337 e. The van der Waals surface area contributed by atoms with Crippen LogP contribution in [0.1, 0.15) is 11.1 Å². The zero-order valence-electron chi connectivity index (χ0n) is 13.1. The molecule has 1 N–H and O–H groups in total. The summed E-state index contributed by atoms with van der Waals surface area (Å²) < 4.78 is 40.0. The van der Waals surface area contributed by atoms with Gasteiger partial charge in [0, 0.05) is 17.1 Å². The summed E-state index contributed by atoms with van der Waals surface area (Å²) in [5.41, 5.74) is 0.0543. The minimum atomic E-state index is -4.54. The molecule has 0 aliphatic rings. The number of para-hydroxylation sites is 1. The number of carbonyl (C=O) groups excluding carboxylic acids is 1. The predicted molar refractivity (Wildman–Crippen MR) is 91.7 cm³/mol. The lowest BCUT2D eigenvalue weighted by Crippen LogP contribution is -2.19. The average molecular weight is 378 g/mol.